The molecule has 0 amide bonds. The van der Waals surface area contributed by atoms with Crippen molar-refractivity contribution in [3.8, 4) is 11.5 Å². The zero-order valence-electron chi connectivity index (χ0n) is 8.14. The summed E-state index contributed by atoms with van der Waals surface area (Å²) in [5.74, 6) is 1.21. The molecule has 0 radical (unpaired) electrons. The molecular weight excluding hydrogens is 244 g/mol. The summed E-state index contributed by atoms with van der Waals surface area (Å²) >= 11 is 5.87. The van der Waals surface area contributed by atoms with Crippen LogP contribution < -0.4 is 4.74 Å². The fourth-order valence-electron chi connectivity index (χ4n) is 1.64. The number of fused-ring (bicyclic) bond motifs is 2. The molecule has 0 aliphatic carbocycles. The molecule has 1 aliphatic heterocycles. The minimum atomic E-state index is -1.18. The first kappa shape index (κ1) is 9.87. The highest BCUT2D eigenvalue weighted by Gasteiger charge is 2.23. The van der Waals surface area contributed by atoms with Gasteiger partial charge in [0.15, 0.2) is 0 Å². The molecule has 0 spiro atoms. The van der Waals surface area contributed by atoms with Crippen molar-refractivity contribution in [2.24, 2.45) is 0 Å². The Morgan fingerprint density at radius 2 is 1.75 bits per heavy atom. The number of halogens is 1. The van der Waals surface area contributed by atoms with Crippen LogP contribution in [0.1, 0.15) is 0 Å². The Labute approximate surface area is 100 Å². The van der Waals surface area contributed by atoms with Crippen LogP contribution in [0.5, 0.6) is 11.5 Å². The minimum absolute atomic E-state index is 0.574. The van der Waals surface area contributed by atoms with Crippen molar-refractivity contribution in [1.82, 2.24) is 0 Å². The van der Waals surface area contributed by atoms with Crippen molar-refractivity contribution in [2.45, 2.75) is 9.79 Å². The third kappa shape index (κ3) is 1.44. The highest BCUT2D eigenvalue weighted by Crippen LogP contribution is 2.40. The first-order valence-electron chi connectivity index (χ1n) is 4.74. The van der Waals surface area contributed by atoms with Crippen LogP contribution in [0.3, 0.4) is 0 Å². The summed E-state index contributed by atoms with van der Waals surface area (Å²) in [6.07, 6.45) is 0. The number of ether oxygens (including phenoxy) is 1. The second-order valence-corrected chi connectivity index (χ2v) is 5.26. The van der Waals surface area contributed by atoms with E-state index in [0.717, 1.165) is 0 Å². The molecule has 2 aromatic rings. The van der Waals surface area contributed by atoms with E-state index in [1.54, 1.807) is 24.3 Å². The van der Waals surface area contributed by atoms with Crippen molar-refractivity contribution >= 4 is 22.4 Å². The highest BCUT2D eigenvalue weighted by molar-refractivity contribution is 7.85. The lowest BCUT2D eigenvalue weighted by atomic mass is 10.3. The van der Waals surface area contributed by atoms with Crippen molar-refractivity contribution in [1.29, 1.82) is 0 Å². The molecule has 1 aliphatic rings. The molecule has 80 valence electrons. The van der Waals surface area contributed by atoms with E-state index >= 15 is 0 Å². The summed E-state index contributed by atoms with van der Waals surface area (Å²) in [6, 6.07) is 12.5. The normalized spacial score (nSPS) is 17.2. The number of hydrogen-bond donors (Lipinski definition) is 0. The van der Waals surface area contributed by atoms with Crippen LogP contribution in [-0.4, -0.2) is 4.21 Å². The summed E-state index contributed by atoms with van der Waals surface area (Å²) in [5, 5.41) is 0.579. The predicted molar refractivity (Wildman–Crippen MR) is 62.6 cm³/mol. The zero-order chi connectivity index (χ0) is 11.1. The van der Waals surface area contributed by atoms with Crippen LogP contribution >= 0.6 is 11.6 Å². The van der Waals surface area contributed by atoms with Gasteiger partial charge in [-0.05, 0) is 24.3 Å². The molecular formula is C12H7ClO2S. The quantitative estimate of drug-likeness (QED) is 0.609. The van der Waals surface area contributed by atoms with E-state index in [0.29, 0.717) is 26.3 Å². The first-order chi connectivity index (χ1) is 7.75. The SMILES string of the molecule is O=S1c2ccccc2Oc2cc(Cl)ccc21. The van der Waals surface area contributed by atoms with E-state index in [4.69, 9.17) is 16.3 Å². The van der Waals surface area contributed by atoms with Gasteiger partial charge in [0, 0.05) is 11.1 Å². The van der Waals surface area contributed by atoms with Crippen LogP contribution in [0.2, 0.25) is 5.02 Å². The fraction of sp³-hybridized carbons (Fsp3) is 0. The van der Waals surface area contributed by atoms with Gasteiger partial charge in [0.05, 0.1) is 20.6 Å². The lowest BCUT2D eigenvalue weighted by molar-refractivity contribution is 0.450. The van der Waals surface area contributed by atoms with Crippen LogP contribution in [0.25, 0.3) is 0 Å². The van der Waals surface area contributed by atoms with Crippen LogP contribution in [0.4, 0.5) is 0 Å². The second kappa shape index (κ2) is 3.61. The Bertz CT molecular complexity index is 595. The van der Waals surface area contributed by atoms with Gasteiger partial charge in [-0.15, -0.1) is 0 Å². The van der Waals surface area contributed by atoms with Gasteiger partial charge in [-0.2, -0.15) is 0 Å². The maximum absolute atomic E-state index is 12.2. The largest absolute Gasteiger partial charge is 0.455 e. The van der Waals surface area contributed by atoms with Gasteiger partial charge in [-0.25, -0.2) is 4.21 Å². The summed E-state index contributed by atoms with van der Waals surface area (Å²) in [5.41, 5.74) is 0. The number of benzene rings is 2. The Balaban J connectivity index is 2.22. The average Bonchev–Trinajstić information content (AvgIpc) is 2.29. The topological polar surface area (TPSA) is 26.3 Å². The Morgan fingerprint density at radius 1 is 1.00 bits per heavy atom. The second-order valence-electron chi connectivity index (χ2n) is 3.41. The molecule has 3 rings (SSSR count). The van der Waals surface area contributed by atoms with Crippen LogP contribution in [0, 0.1) is 0 Å². The molecule has 0 saturated carbocycles. The van der Waals surface area contributed by atoms with Crippen LogP contribution in [0.15, 0.2) is 52.3 Å². The standard InChI is InChI=1S/C12H7ClO2S/c13-8-5-6-12-10(7-8)15-9-3-1-2-4-11(9)16(12)14/h1-7H. The predicted octanol–water partition coefficient (Wildman–Crippen LogP) is 3.61. The fourth-order valence-corrected chi connectivity index (χ4v) is 3.01. The Kier molecular flexibility index (Phi) is 2.23. The molecule has 0 saturated heterocycles. The smallest absolute Gasteiger partial charge is 0.145 e. The maximum atomic E-state index is 12.2. The van der Waals surface area contributed by atoms with Crippen molar-refractivity contribution in [3.05, 3.63) is 47.5 Å². The van der Waals surface area contributed by atoms with Crippen molar-refractivity contribution in [3.63, 3.8) is 0 Å². The van der Waals surface area contributed by atoms with E-state index in [-0.39, 0.29) is 0 Å². The maximum Gasteiger partial charge on any atom is 0.145 e. The lowest BCUT2D eigenvalue weighted by Crippen LogP contribution is -2.04. The first-order valence-corrected chi connectivity index (χ1v) is 6.27. The zero-order valence-corrected chi connectivity index (χ0v) is 9.72. The van der Waals surface area contributed by atoms with Crippen LogP contribution in [-0.2, 0) is 10.8 Å². The van der Waals surface area contributed by atoms with Gasteiger partial charge < -0.3 is 4.74 Å². The lowest BCUT2D eigenvalue weighted by Gasteiger charge is -2.19. The van der Waals surface area contributed by atoms with Gasteiger partial charge in [0.25, 0.3) is 0 Å². The molecule has 0 fully saturated rings. The Hall–Kier alpha value is -1.32. The molecule has 4 heteroatoms. The summed E-state index contributed by atoms with van der Waals surface area (Å²) in [4.78, 5) is 1.38. The third-order valence-electron chi connectivity index (χ3n) is 2.37. The molecule has 1 heterocycles. The summed E-state index contributed by atoms with van der Waals surface area (Å²) in [7, 11) is -1.18. The van der Waals surface area contributed by atoms with Crippen molar-refractivity contribution < 1.29 is 8.95 Å². The van der Waals surface area contributed by atoms with E-state index in [2.05, 4.69) is 0 Å². The van der Waals surface area contributed by atoms with Gasteiger partial charge in [0.2, 0.25) is 0 Å². The summed E-state index contributed by atoms with van der Waals surface area (Å²) in [6.45, 7) is 0. The average molecular weight is 251 g/mol. The molecule has 0 bridgehead atoms. The Morgan fingerprint density at radius 3 is 2.62 bits per heavy atom. The molecule has 2 aromatic carbocycles. The molecule has 1 atom stereocenters. The molecule has 0 N–H and O–H groups in total. The number of para-hydroxylation sites is 1. The van der Waals surface area contributed by atoms with E-state index in [9.17, 15) is 4.21 Å². The summed E-state index contributed by atoms with van der Waals surface area (Å²) < 4.78 is 17.9. The molecule has 16 heavy (non-hydrogen) atoms. The van der Waals surface area contributed by atoms with Gasteiger partial charge in [-0.3, -0.25) is 0 Å². The van der Waals surface area contributed by atoms with Crippen molar-refractivity contribution in [2.75, 3.05) is 0 Å². The molecule has 1 unspecified atom stereocenters. The third-order valence-corrected chi connectivity index (χ3v) is 4.08. The number of hydrogen-bond acceptors (Lipinski definition) is 2. The molecule has 2 nitrogen and oxygen atoms in total. The van der Waals surface area contributed by atoms with E-state index in [1.165, 1.54) is 0 Å². The van der Waals surface area contributed by atoms with Gasteiger partial charge >= 0.3 is 0 Å². The monoisotopic (exact) mass is 250 g/mol. The number of rotatable bonds is 0. The minimum Gasteiger partial charge on any atom is -0.455 e. The van der Waals surface area contributed by atoms with E-state index < -0.39 is 10.8 Å². The molecule has 0 aromatic heterocycles. The highest BCUT2D eigenvalue weighted by atomic mass is 35.5. The van der Waals surface area contributed by atoms with E-state index in [1.807, 2.05) is 18.2 Å². The van der Waals surface area contributed by atoms with Gasteiger partial charge in [-0.1, -0.05) is 23.7 Å². The van der Waals surface area contributed by atoms with Gasteiger partial charge in [0.1, 0.15) is 11.5 Å².